The van der Waals surface area contributed by atoms with E-state index in [0.29, 0.717) is 0 Å². The summed E-state index contributed by atoms with van der Waals surface area (Å²) in [7, 11) is 1.41. The number of carboxylic acids is 1. The Balaban J connectivity index is 2.34. The van der Waals surface area contributed by atoms with Gasteiger partial charge in [0.05, 0.1) is 18.4 Å². The van der Waals surface area contributed by atoms with Crippen molar-refractivity contribution in [2.24, 2.45) is 0 Å². The Labute approximate surface area is 134 Å². The number of nitrogens with one attached hydrogen (secondary N) is 1. The molecule has 0 saturated carbocycles. The van der Waals surface area contributed by atoms with E-state index in [1.54, 1.807) is 24.3 Å². The highest BCUT2D eigenvalue weighted by Gasteiger charge is 2.17. The highest BCUT2D eigenvalue weighted by atomic mass is 127. The molecule has 1 aromatic carbocycles. The predicted octanol–water partition coefficient (Wildman–Crippen LogP) is 2.65. The quantitative estimate of drug-likeness (QED) is 0.774. The zero-order valence-electron chi connectivity index (χ0n) is 11.0. The number of ether oxygens (including phenoxy) is 1. The number of amides is 1. The third kappa shape index (κ3) is 3.48. The van der Waals surface area contributed by atoms with Gasteiger partial charge in [-0.25, -0.2) is 9.78 Å². The van der Waals surface area contributed by atoms with Crippen molar-refractivity contribution in [3.8, 4) is 5.88 Å². The van der Waals surface area contributed by atoms with Crippen LogP contribution in [0.5, 0.6) is 5.88 Å². The fourth-order valence-electron chi connectivity index (χ4n) is 1.72. The van der Waals surface area contributed by atoms with E-state index in [-0.39, 0.29) is 22.7 Å². The van der Waals surface area contributed by atoms with Crippen molar-refractivity contribution in [1.29, 1.82) is 0 Å². The van der Waals surface area contributed by atoms with Crippen molar-refractivity contribution in [3.05, 3.63) is 51.2 Å². The minimum atomic E-state index is -1.11. The summed E-state index contributed by atoms with van der Waals surface area (Å²) in [6.45, 7) is 0. The maximum Gasteiger partial charge on any atom is 0.337 e. The number of anilines is 1. The van der Waals surface area contributed by atoms with Gasteiger partial charge in [-0.15, -0.1) is 0 Å². The third-order valence-corrected chi connectivity index (χ3v) is 3.34. The second-order valence-electron chi connectivity index (χ2n) is 4.01. The Kier molecular flexibility index (Phi) is 4.73. The first-order valence-corrected chi connectivity index (χ1v) is 6.94. The van der Waals surface area contributed by atoms with Crippen LogP contribution in [-0.2, 0) is 0 Å². The van der Waals surface area contributed by atoms with E-state index in [4.69, 9.17) is 4.74 Å². The predicted molar refractivity (Wildman–Crippen MR) is 84.9 cm³/mol. The molecule has 2 rings (SSSR count). The Morgan fingerprint density at radius 1 is 1.29 bits per heavy atom. The maximum atomic E-state index is 12.2. The summed E-state index contributed by atoms with van der Waals surface area (Å²) in [5, 5.41) is 11.7. The minimum absolute atomic E-state index is 0.0260. The van der Waals surface area contributed by atoms with Crippen LogP contribution in [0.1, 0.15) is 20.7 Å². The highest BCUT2D eigenvalue weighted by molar-refractivity contribution is 14.1. The molecule has 7 heteroatoms. The van der Waals surface area contributed by atoms with Crippen LogP contribution in [0, 0.1) is 3.57 Å². The van der Waals surface area contributed by atoms with Gasteiger partial charge in [-0.05, 0) is 52.9 Å². The second-order valence-corrected chi connectivity index (χ2v) is 5.26. The number of carbonyl (C=O) groups is 2. The van der Waals surface area contributed by atoms with Crippen LogP contribution in [0.2, 0.25) is 0 Å². The number of carboxylic acid groups (broad SMARTS) is 1. The average molecular weight is 398 g/mol. The third-order valence-electron chi connectivity index (χ3n) is 2.67. The topological polar surface area (TPSA) is 88.5 Å². The summed E-state index contributed by atoms with van der Waals surface area (Å²) >= 11 is 2.01. The molecule has 108 valence electrons. The van der Waals surface area contributed by atoms with Gasteiger partial charge in [0.25, 0.3) is 5.91 Å². The normalized spacial score (nSPS) is 10.0. The fourth-order valence-corrected chi connectivity index (χ4v) is 2.21. The van der Waals surface area contributed by atoms with E-state index < -0.39 is 11.9 Å². The van der Waals surface area contributed by atoms with Crippen LogP contribution in [-0.4, -0.2) is 29.1 Å². The Hall–Kier alpha value is -2.16. The Bertz CT molecular complexity index is 703. The standard InChI is InChI=1S/C14H11IN2O4/c1-21-13-9(3-2-6-16-13)12(18)17-11-5-4-8(15)7-10(11)14(19)20/h2-7H,1H3,(H,17,18)(H,19,20). The van der Waals surface area contributed by atoms with Crippen LogP contribution >= 0.6 is 22.6 Å². The summed E-state index contributed by atoms with van der Waals surface area (Å²) in [4.78, 5) is 27.4. The van der Waals surface area contributed by atoms with Gasteiger partial charge in [0, 0.05) is 9.77 Å². The van der Waals surface area contributed by atoms with E-state index in [1.165, 1.54) is 19.4 Å². The molecule has 1 amide bonds. The molecule has 1 aromatic heterocycles. The Morgan fingerprint density at radius 3 is 2.71 bits per heavy atom. The van der Waals surface area contributed by atoms with Crippen molar-refractivity contribution in [3.63, 3.8) is 0 Å². The smallest absolute Gasteiger partial charge is 0.337 e. The fraction of sp³-hybridized carbons (Fsp3) is 0.0714. The molecule has 1 heterocycles. The van der Waals surface area contributed by atoms with Gasteiger partial charge >= 0.3 is 5.97 Å². The van der Waals surface area contributed by atoms with Crippen LogP contribution in [0.4, 0.5) is 5.69 Å². The zero-order chi connectivity index (χ0) is 15.4. The first-order chi connectivity index (χ1) is 10.0. The first-order valence-electron chi connectivity index (χ1n) is 5.86. The summed E-state index contributed by atoms with van der Waals surface area (Å²) in [5.74, 6) is -1.41. The summed E-state index contributed by atoms with van der Waals surface area (Å²) < 4.78 is 5.78. The van der Waals surface area contributed by atoms with E-state index in [9.17, 15) is 14.7 Å². The van der Waals surface area contributed by atoms with Gasteiger partial charge in [-0.3, -0.25) is 4.79 Å². The number of aromatic carboxylic acids is 1. The van der Waals surface area contributed by atoms with Gasteiger partial charge in [-0.1, -0.05) is 0 Å². The number of pyridine rings is 1. The van der Waals surface area contributed by atoms with Gasteiger partial charge in [0.15, 0.2) is 0 Å². The van der Waals surface area contributed by atoms with E-state index in [1.807, 2.05) is 22.6 Å². The summed E-state index contributed by atoms with van der Waals surface area (Å²) in [5.41, 5.74) is 0.479. The molecule has 0 aliphatic heterocycles. The van der Waals surface area contributed by atoms with Crippen LogP contribution in [0.25, 0.3) is 0 Å². The van der Waals surface area contributed by atoms with Crippen LogP contribution in [0.3, 0.4) is 0 Å². The lowest BCUT2D eigenvalue weighted by Gasteiger charge is -2.10. The lowest BCUT2D eigenvalue weighted by molar-refractivity contribution is 0.0698. The number of nitrogens with zero attached hydrogens (tertiary/aromatic N) is 1. The molecule has 2 N–H and O–H groups in total. The average Bonchev–Trinajstić information content (AvgIpc) is 2.48. The molecular formula is C14H11IN2O4. The lowest BCUT2D eigenvalue weighted by atomic mass is 10.1. The number of benzene rings is 1. The van der Waals surface area contributed by atoms with E-state index >= 15 is 0 Å². The molecule has 0 aliphatic carbocycles. The number of aromatic nitrogens is 1. The molecule has 0 saturated heterocycles. The van der Waals surface area contributed by atoms with Gasteiger partial charge in [0.2, 0.25) is 5.88 Å². The number of carbonyl (C=O) groups excluding carboxylic acids is 1. The molecule has 0 unspecified atom stereocenters. The number of halogens is 1. The minimum Gasteiger partial charge on any atom is -0.480 e. The number of hydrogen-bond acceptors (Lipinski definition) is 4. The monoisotopic (exact) mass is 398 g/mol. The molecule has 21 heavy (non-hydrogen) atoms. The molecule has 6 nitrogen and oxygen atoms in total. The van der Waals surface area contributed by atoms with Crippen molar-refractivity contribution in [1.82, 2.24) is 4.98 Å². The second kappa shape index (κ2) is 6.53. The van der Waals surface area contributed by atoms with E-state index in [2.05, 4.69) is 10.3 Å². The van der Waals surface area contributed by atoms with Crippen molar-refractivity contribution in [2.45, 2.75) is 0 Å². The van der Waals surface area contributed by atoms with Gasteiger partial charge in [0.1, 0.15) is 5.56 Å². The molecule has 2 aromatic rings. The molecular weight excluding hydrogens is 387 g/mol. The molecule has 0 spiro atoms. The Morgan fingerprint density at radius 2 is 2.05 bits per heavy atom. The van der Waals surface area contributed by atoms with Crippen molar-refractivity contribution >= 4 is 40.2 Å². The maximum absolute atomic E-state index is 12.2. The van der Waals surface area contributed by atoms with Crippen molar-refractivity contribution in [2.75, 3.05) is 12.4 Å². The molecule has 0 atom stereocenters. The molecule has 0 fully saturated rings. The summed E-state index contributed by atoms with van der Waals surface area (Å²) in [6, 6.07) is 7.89. The van der Waals surface area contributed by atoms with Crippen LogP contribution in [0.15, 0.2) is 36.5 Å². The highest BCUT2D eigenvalue weighted by Crippen LogP contribution is 2.21. The van der Waals surface area contributed by atoms with E-state index in [0.717, 1.165) is 3.57 Å². The SMILES string of the molecule is COc1ncccc1C(=O)Nc1ccc(I)cc1C(=O)O. The zero-order valence-corrected chi connectivity index (χ0v) is 13.1. The van der Waals surface area contributed by atoms with Crippen molar-refractivity contribution < 1.29 is 19.4 Å². The number of rotatable bonds is 4. The largest absolute Gasteiger partial charge is 0.480 e. The van der Waals surface area contributed by atoms with Gasteiger partial charge < -0.3 is 15.2 Å². The lowest BCUT2D eigenvalue weighted by Crippen LogP contribution is -2.16. The van der Waals surface area contributed by atoms with Crippen LogP contribution < -0.4 is 10.1 Å². The first kappa shape index (κ1) is 15.2. The molecule has 0 aliphatic rings. The number of hydrogen-bond donors (Lipinski definition) is 2. The molecule has 0 radical (unpaired) electrons. The molecule has 0 bridgehead atoms. The summed E-state index contributed by atoms with van der Waals surface area (Å²) in [6.07, 6.45) is 1.50. The number of methoxy groups -OCH3 is 1. The van der Waals surface area contributed by atoms with Gasteiger partial charge in [-0.2, -0.15) is 0 Å².